The molecule has 2 aliphatic heterocycles. The molecule has 2 fully saturated rings. The molecule has 2 N–H and O–H groups in total. The van der Waals surface area contributed by atoms with Gasteiger partial charge in [-0.2, -0.15) is 0 Å². The van der Waals surface area contributed by atoms with Crippen LogP contribution < -0.4 is 10.6 Å². The lowest BCUT2D eigenvalue weighted by molar-refractivity contribution is 0.111. The molecule has 5 heteroatoms. The van der Waals surface area contributed by atoms with Crippen LogP contribution >= 0.6 is 11.8 Å². The predicted octanol–water partition coefficient (Wildman–Crippen LogP) is 4.40. The van der Waals surface area contributed by atoms with Crippen LogP contribution in [0.4, 0.5) is 4.79 Å². The van der Waals surface area contributed by atoms with Gasteiger partial charge in [0.25, 0.3) is 0 Å². The highest BCUT2D eigenvalue weighted by Gasteiger charge is 2.40. The number of urea groups is 1. The maximum atomic E-state index is 12.4. The van der Waals surface area contributed by atoms with Crippen molar-refractivity contribution in [3.63, 3.8) is 0 Å². The van der Waals surface area contributed by atoms with E-state index in [1.165, 1.54) is 23.3 Å². The van der Waals surface area contributed by atoms with Gasteiger partial charge in [-0.25, -0.2) is 4.79 Å². The molecule has 2 unspecified atom stereocenters. The van der Waals surface area contributed by atoms with Crippen molar-refractivity contribution in [2.45, 2.75) is 61.8 Å². The third-order valence-corrected chi connectivity index (χ3v) is 6.78. The van der Waals surface area contributed by atoms with Gasteiger partial charge in [-0.05, 0) is 55.2 Å². The number of piperidine rings is 1. The molecule has 148 valence electrons. The van der Waals surface area contributed by atoms with Crippen LogP contribution in [0.2, 0.25) is 0 Å². The van der Waals surface area contributed by atoms with Gasteiger partial charge in [0.2, 0.25) is 0 Å². The molecule has 0 saturated carbocycles. The number of fused-ring (bicyclic) bond motifs is 2. The van der Waals surface area contributed by atoms with Crippen LogP contribution in [0.15, 0.2) is 59.5 Å². The summed E-state index contributed by atoms with van der Waals surface area (Å²) in [5, 5.41) is 6.23. The van der Waals surface area contributed by atoms with Crippen molar-refractivity contribution in [3.05, 3.63) is 65.7 Å². The van der Waals surface area contributed by atoms with Crippen molar-refractivity contribution >= 4 is 17.8 Å². The molecule has 28 heavy (non-hydrogen) atoms. The number of amides is 2. The van der Waals surface area contributed by atoms with Crippen LogP contribution in [0.5, 0.6) is 0 Å². The normalized spacial score (nSPS) is 24.1. The summed E-state index contributed by atoms with van der Waals surface area (Å²) in [5.74, 6) is 0. The number of rotatable bonds is 6. The van der Waals surface area contributed by atoms with Gasteiger partial charge in [0.05, 0.1) is 0 Å². The van der Waals surface area contributed by atoms with Crippen LogP contribution in [0, 0.1) is 0 Å². The Hall–Kier alpha value is -1.98. The Morgan fingerprint density at radius 2 is 1.68 bits per heavy atom. The van der Waals surface area contributed by atoms with Crippen molar-refractivity contribution in [2.75, 3.05) is 6.26 Å². The fourth-order valence-corrected chi connectivity index (χ4v) is 5.01. The van der Waals surface area contributed by atoms with Crippen molar-refractivity contribution in [3.8, 4) is 0 Å². The molecule has 4 nitrogen and oxygen atoms in total. The second-order valence-electron chi connectivity index (χ2n) is 7.89. The van der Waals surface area contributed by atoms with Gasteiger partial charge in [0.15, 0.2) is 0 Å². The Labute approximate surface area is 172 Å². The maximum Gasteiger partial charge on any atom is 0.315 e. The van der Waals surface area contributed by atoms with E-state index in [0.717, 1.165) is 24.9 Å². The van der Waals surface area contributed by atoms with E-state index >= 15 is 0 Å². The Bertz CT molecular complexity index is 766. The molecule has 2 amide bonds. The third kappa shape index (κ3) is 4.70. The minimum absolute atomic E-state index is 0.0464. The van der Waals surface area contributed by atoms with E-state index in [4.69, 9.17) is 0 Å². The van der Waals surface area contributed by atoms with Crippen molar-refractivity contribution in [1.82, 2.24) is 15.5 Å². The van der Waals surface area contributed by atoms with Crippen LogP contribution in [0.1, 0.15) is 36.8 Å². The van der Waals surface area contributed by atoms with Crippen molar-refractivity contribution in [2.24, 2.45) is 0 Å². The molecule has 2 aromatic carbocycles. The summed E-state index contributed by atoms with van der Waals surface area (Å²) >= 11 is 1.73. The molecule has 2 atom stereocenters. The molecule has 4 rings (SSSR count). The monoisotopic (exact) mass is 395 g/mol. The topological polar surface area (TPSA) is 44.4 Å². The fraction of sp³-hybridized carbons (Fsp3) is 0.435. The molecule has 0 aromatic heterocycles. The van der Waals surface area contributed by atoms with Crippen LogP contribution in [-0.4, -0.2) is 35.3 Å². The summed E-state index contributed by atoms with van der Waals surface area (Å²) in [7, 11) is 0. The zero-order valence-corrected chi connectivity index (χ0v) is 17.3. The molecule has 2 aromatic rings. The van der Waals surface area contributed by atoms with E-state index in [9.17, 15) is 4.79 Å². The second-order valence-corrected chi connectivity index (χ2v) is 8.77. The molecule has 2 saturated heterocycles. The lowest BCUT2D eigenvalue weighted by atomic mass is 9.96. The van der Waals surface area contributed by atoms with Gasteiger partial charge in [-0.1, -0.05) is 42.5 Å². The highest BCUT2D eigenvalue weighted by atomic mass is 32.2. The number of thioether (sulfide) groups is 1. The summed E-state index contributed by atoms with van der Waals surface area (Å²) in [6.45, 7) is 1.60. The lowest BCUT2D eigenvalue weighted by Gasteiger charge is -2.39. The number of hydrogen-bond acceptors (Lipinski definition) is 3. The first kappa shape index (κ1) is 19.3. The van der Waals surface area contributed by atoms with Gasteiger partial charge >= 0.3 is 6.03 Å². The average molecular weight is 396 g/mol. The number of carbonyl (C=O) groups is 1. The van der Waals surface area contributed by atoms with Gasteiger partial charge in [0.1, 0.15) is 0 Å². The lowest BCUT2D eigenvalue weighted by Crippen LogP contribution is -2.51. The quantitative estimate of drug-likeness (QED) is 0.713. The van der Waals surface area contributed by atoms with Crippen LogP contribution in [0.3, 0.4) is 0 Å². The number of carbonyl (C=O) groups excluding carboxylic acids is 1. The van der Waals surface area contributed by atoms with Gasteiger partial charge in [0, 0.05) is 36.1 Å². The molecule has 2 aliphatic rings. The molecule has 2 bridgehead atoms. The largest absolute Gasteiger partial charge is 0.335 e. The minimum atomic E-state index is -0.0464. The summed E-state index contributed by atoms with van der Waals surface area (Å²) < 4.78 is 0. The Morgan fingerprint density at radius 1 is 1.00 bits per heavy atom. The molecule has 0 aliphatic carbocycles. The number of nitrogens with one attached hydrogen (secondary N) is 2. The van der Waals surface area contributed by atoms with Gasteiger partial charge < -0.3 is 10.6 Å². The molecule has 0 spiro atoms. The SMILES string of the molecule is CSc1ccc(CNC(=O)NC2CC3CCC(C2)N3Cc2ccccc2)cc1. The Kier molecular flexibility index (Phi) is 6.23. The van der Waals surface area contributed by atoms with E-state index in [1.54, 1.807) is 11.8 Å². The average Bonchev–Trinajstić information content (AvgIpc) is 2.96. The van der Waals surface area contributed by atoms with Crippen LogP contribution in [0.25, 0.3) is 0 Å². The van der Waals surface area contributed by atoms with E-state index < -0.39 is 0 Å². The van der Waals surface area contributed by atoms with E-state index in [-0.39, 0.29) is 12.1 Å². The number of benzene rings is 2. The highest BCUT2D eigenvalue weighted by Crippen LogP contribution is 2.36. The summed E-state index contributed by atoms with van der Waals surface area (Å²) in [6, 6.07) is 20.5. The smallest absolute Gasteiger partial charge is 0.315 e. The molecular weight excluding hydrogens is 366 g/mol. The van der Waals surface area contributed by atoms with Gasteiger partial charge in [-0.3, -0.25) is 4.90 Å². The van der Waals surface area contributed by atoms with Gasteiger partial charge in [-0.15, -0.1) is 11.8 Å². The molecular formula is C23H29N3OS. The molecule has 0 radical (unpaired) electrons. The fourth-order valence-electron chi connectivity index (χ4n) is 4.61. The van der Waals surface area contributed by atoms with Crippen molar-refractivity contribution in [1.29, 1.82) is 0 Å². The zero-order valence-electron chi connectivity index (χ0n) is 16.4. The molecule has 2 heterocycles. The third-order valence-electron chi connectivity index (χ3n) is 6.04. The summed E-state index contributed by atoms with van der Waals surface area (Å²) in [6.07, 6.45) is 6.68. The Balaban J connectivity index is 1.25. The van der Waals surface area contributed by atoms with E-state index in [2.05, 4.69) is 76.4 Å². The first-order valence-electron chi connectivity index (χ1n) is 10.2. The highest BCUT2D eigenvalue weighted by molar-refractivity contribution is 7.98. The maximum absolute atomic E-state index is 12.4. The number of hydrogen-bond donors (Lipinski definition) is 2. The first-order valence-corrected chi connectivity index (χ1v) is 11.4. The zero-order chi connectivity index (χ0) is 19.3. The minimum Gasteiger partial charge on any atom is -0.335 e. The van der Waals surface area contributed by atoms with Crippen molar-refractivity contribution < 1.29 is 4.79 Å². The standard InChI is InChI=1S/C23H29N3OS/c1-28-22-11-7-17(8-12-22)15-24-23(27)25-19-13-20-9-10-21(14-19)26(20)16-18-5-3-2-4-6-18/h2-8,11-12,19-21H,9-10,13-16H2,1H3,(H2,24,25,27). The van der Waals surface area contributed by atoms with E-state index in [0.29, 0.717) is 18.6 Å². The summed E-state index contributed by atoms with van der Waals surface area (Å²) in [5.41, 5.74) is 2.52. The van der Waals surface area contributed by atoms with E-state index in [1.807, 2.05) is 0 Å². The number of nitrogens with zero attached hydrogens (tertiary/aromatic N) is 1. The summed E-state index contributed by atoms with van der Waals surface area (Å²) in [4.78, 5) is 16.3. The predicted molar refractivity (Wildman–Crippen MR) is 115 cm³/mol. The first-order chi connectivity index (χ1) is 13.7. The Morgan fingerprint density at radius 3 is 2.32 bits per heavy atom. The second kappa shape index (κ2) is 9.01. The van der Waals surface area contributed by atoms with Crippen LogP contribution in [-0.2, 0) is 13.1 Å².